The molecular weight excluding hydrogens is 240 g/mol. The third-order valence-corrected chi connectivity index (χ3v) is 2.51. The molecule has 2 aromatic rings. The van der Waals surface area contributed by atoms with E-state index in [9.17, 15) is 0 Å². The van der Waals surface area contributed by atoms with Gasteiger partial charge in [-0.1, -0.05) is 16.8 Å². The molecule has 0 radical (unpaired) electrons. The minimum atomic E-state index is 0.525. The summed E-state index contributed by atoms with van der Waals surface area (Å²) in [6.45, 7) is 2.43. The number of aromatic nitrogens is 2. The molecule has 0 saturated carbocycles. The SMILES string of the molecule is Cc1cc(CN(C)c2ncc(Cl)cc2N)no1. The van der Waals surface area contributed by atoms with Crippen LogP contribution < -0.4 is 10.6 Å². The highest BCUT2D eigenvalue weighted by Crippen LogP contribution is 2.23. The maximum absolute atomic E-state index is 5.85. The van der Waals surface area contributed by atoms with Crippen LogP contribution in [-0.4, -0.2) is 17.2 Å². The third kappa shape index (κ3) is 2.68. The van der Waals surface area contributed by atoms with Crippen LogP contribution in [0.5, 0.6) is 0 Å². The molecule has 2 rings (SSSR count). The Hall–Kier alpha value is -1.75. The monoisotopic (exact) mass is 252 g/mol. The Labute approximate surface area is 104 Å². The van der Waals surface area contributed by atoms with E-state index in [0.29, 0.717) is 23.1 Å². The molecule has 0 spiro atoms. The van der Waals surface area contributed by atoms with E-state index in [1.165, 1.54) is 0 Å². The third-order valence-electron chi connectivity index (χ3n) is 2.30. The van der Waals surface area contributed by atoms with Crippen molar-refractivity contribution in [3.05, 3.63) is 34.8 Å². The molecule has 0 aliphatic rings. The fourth-order valence-electron chi connectivity index (χ4n) is 1.58. The number of hydrogen-bond acceptors (Lipinski definition) is 5. The van der Waals surface area contributed by atoms with Crippen LogP contribution in [0.4, 0.5) is 11.5 Å². The van der Waals surface area contributed by atoms with Gasteiger partial charge in [-0.2, -0.15) is 0 Å². The predicted octanol–water partition coefficient (Wildman–Crippen LogP) is 2.25. The van der Waals surface area contributed by atoms with E-state index >= 15 is 0 Å². The molecule has 0 unspecified atom stereocenters. The first kappa shape index (κ1) is 11.7. The lowest BCUT2D eigenvalue weighted by Gasteiger charge is -2.18. The van der Waals surface area contributed by atoms with Gasteiger partial charge in [0.2, 0.25) is 0 Å². The van der Waals surface area contributed by atoms with Gasteiger partial charge in [-0.3, -0.25) is 0 Å². The van der Waals surface area contributed by atoms with Crippen LogP contribution >= 0.6 is 11.6 Å². The number of nitrogens with zero attached hydrogens (tertiary/aromatic N) is 3. The molecule has 0 aliphatic carbocycles. The van der Waals surface area contributed by atoms with E-state index in [1.807, 2.05) is 24.9 Å². The average molecular weight is 253 g/mol. The molecule has 90 valence electrons. The molecule has 6 heteroatoms. The van der Waals surface area contributed by atoms with Crippen LogP contribution in [-0.2, 0) is 6.54 Å². The maximum Gasteiger partial charge on any atom is 0.151 e. The van der Waals surface area contributed by atoms with Crippen molar-refractivity contribution < 1.29 is 4.52 Å². The van der Waals surface area contributed by atoms with Gasteiger partial charge in [0.1, 0.15) is 11.5 Å². The highest BCUT2D eigenvalue weighted by atomic mass is 35.5. The van der Waals surface area contributed by atoms with Gasteiger partial charge in [0, 0.05) is 19.3 Å². The Kier molecular flexibility index (Phi) is 3.19. The van der Waals surface area contributed by atoms with Gasteiger partial charge in [0.05, 0.1) is 17.3 Å². The number of aryl methyl sites for hydroxylation is 1. The van der Waals surface area contributed by atoms with Crippen molar-refractivity contribution in [1.29, 1.82) is 0 Å². The van der Waals surface area contributed by atoms with Gasteiger partial charge in [0.25, 0.3) is 0 Å². The molecule has 2 aromatic heterocycles. The van der Waals surface area contributed by atoms with Gasteiger partial charge in [0.15, 0.2) is 5.82 Å². The number of hydrogen-bond donors (Lipinski definition) is 1. The second kappa shape index (κ2) is 4.63. The minimum Gasteiger partial charge on any atom is -0.396 e. The lowest BCUT2D eigenvalue weighted by Crippen LogP contribution is -2.19. The fourth-order valence-corrected chi connectivity index (χ4v) is 1.74. The zero-order chi connectivity index (χ0) is 12.4. The summed E-state index contributed by atoms with van der Waals surface area (Å²) < 4.78 is 5.00. The van der Waals surface area contributed by atoms with Crippen LogP contribution in [0.15, 0.2) is 22.9 Å². The summed E-state index contributed by atoms with van der Waals surface area (Å²) >= 11 is 5.80. The molecule has 0 aromatic carbocycles. The molecule has 0 atom stereocenters. The summed E-state index contributed by atoms with van der Waals surface area (Å²) in [5.41, 5.74) is 7.22. The lowest BCUT2D eigenvalue weighted by atomic mass is 10.3. The fraction of sp³-hybridized carbons (Fsp3) is 0.273. The smallest absolute Gasteiger partial charge is 0.151 e. The van der Waals surface area contributed by atoms with E-state index in [2.05, 4.69) is 10.1 Å². The molecule has 2 N–H and O–H groups in total. The highest BCUT2D eigenvalue weighted by molar-refractivity contribution is 6.30. The Morgan fingerprint density at radius 2 is 2.24 bits per heavy atom. The zero-order valence-electron chi connectivity index (χ0n) is 9.64. The van der Waals surface area contributed by atoms with Crippen molar-refractivity contribution in [2.75, 3.05) is 17.7 Å². The van der Waals surface area contributed by atoms with E-state index in [1.54, 1.807) is 12.3 Å². The second-order valence-electron chi connectivity index (χ2n) is 3.85. The van der Waals surface area contributed by atoms with E-state index in [4.69, 9.17) is 21.9 Å². The number of rotatable bonds is 3. The van der Waals surface area contributed by atoms with Gasteiger partial charge in [-0.05, 0) is 13.0 Å². The summed E-state index contributed by atoms with van der Waals surface area (Å²) in [6, 6.07) is 3.55. The molecule has 0 aliphatic heterocycles. The predicted molar refractivity (Wildman–Crippen MR) is 67.0 cm³/mol. The minimum absolute atomic E-state index is 0.525. The number of anilines is 2. The standard InChI is InChI=1S/C11H13ClN4O/c1-7-3-9(15-17-7)6-16(2)11-10(13)4-8(12)5-14-11/h3-5H,6,13H2,1-2H3. The average Bonchev–Trinajstić information content (AvgIpc) is 2.63. The quantitative estimate of drug-likeness (QED) is 0.907. The first-order chi connectivity index (χ1) is 8.06. The summed E-state index contributed by atoms with van der Waals surface area (Å²) in [5.74, 6) is 1.46. The molecule has 5 nitrogen and oxygen atoms in total. The number of pyridine rings is 1. The maximum atomic E-state index is 5.85. The van der Waals surface area contributed by atoms with Crippen molar-refractivity contribution in [3.8, 4) is 0 Å². The Balaban J connectivity index is 2.17. The topological polar surface area (TPSA) is 68.2 Å². The molecule has 2 heterocycles. The van der Waals surface area contributed by atoms with Crippen LogP contribution in [0.25, 0.3) is 0 Å². The van der Waals surface area contributed by atoms with E-state index in [-0.39, 0.29) is 0 Å². The van der Waals surface area contributed by atoms with Crippen LogP contribution in [0, 0.1) is 6.92 Å². The number of nitrogen functional groups attached to an aromatic ring is 1. The van der Waals surface area contributed by atoms with Gasteiger partial charge >= 0.3 is 0 Å². The van der Waals surface area contributed by atoms with Crippen molar-refractivity contribution in [3.63, 3.8) is 0 Å². The van der Waals surface area contributed by atoms with E-state index in [0.717, 1.165) is 11.5 Å². The molecule has 0 fully saturated rings. The zero-order valence-corrected chi connectivity index (χ0v) is 10.4. The van der Waals surface area contributed by atoms with Crippen molar-refractivity contribution in [2.24, 2.45) is 0 Å². The molecule has 0 amide bonds. The Bertz CT molecular complexity index is 526. The normalized spacial score (nSPS) is 10.5. The summed E-state index contributed by atoms with van der Waals surface area (Å²) in [7, 11) is 1.89. The van der Waals surface area contributed by atoms with Gasteiger partial charge in [-0.25, -0.2) is 4.98 Å². The Morgan fingerprint density at radius 3 is 2.82 bits per heavy atom. The van der Waals surface area contributed by atoms with Crippen LogP contribution in [0.1, 0.15) is 11.5 Å². The lowest BCUT2D eigenvalue weighted by molar-refractivity contribution is 0.390. The van der Waals surface area contributed by atoms with Crippen LogP contribution in [0.3, 0.4) is 0 Å². The van der Waals surface area contributed by atoms with Gasteiger partial charge < -0.3 is 15.2 Å². The molecular formula is C11H13ClN4O. The first-order valence-electron chi connectivity index (χ1n) is 5.10. The van der Waals surface area contributed by atoms with Crippen molar-refractivity contribution >= 4 is 23.1 Å². The molecule has 0 bridgehead atoms. The van der Waals surface area contributed by atoms with Crippen molar-refractivity contribution in [1.82, 2.24) is 10.1 Å². The largest absolute Gasteiger partial charge is 0.396 e. The summed E-state index contributed by atoms with van der Waals surface area (Å²) in [4.78, 5) is 6.08. The number of halogens is 1. The Morgan fingerprint density at radius 1 is 1.47 bits per heavy atom. The highest BCUT2D eigenvalue weighted by Gasteiger charge is 2.10. The summed E-state index contributed by atoms with van der Waals surface area (Å²) in [6.07, 6.45) is 1.57. The molecule has 17 heavy (non-hydrogen) atoms. The second-order valence-corrected chi connectivity index (χ2v) is 4.29. The van der Waals surface area contributed by atoms with Crippen molar-refractivity contribution in [2.45, 2.75) is 13.5 Å². The molecule has 0 saturated heterocycles. The number of nitrogens with two attached hydrogens (primary N) is 1. The van der Waals surface area contributed by atoms with Gasteiger partial charge in [-0.15, -0.1) is 0 Å². The summed E-state index contributed by atoms with van der Waals surface area (Å²) in [5, 5.41) is 4.44. The van der Waals surface area contributed by atoms with E-state index < -0.39 is 0 Å². The first-order valence-corrected chi connectivity index (χ1v) is 5.48. The van der Waals surface area contributed by atoms with Crippen LogP contribution in [0.2, 0.25) is 5.02 Å².